The Morgan fingerprint density at radius 1 is 1.14 bits per heavy atom. The summed E-state index contributed by atoms with van der Waals surface area (Å²) in [5, 5.41) is 19.8. The van der Waals surface area contributed by atoms with Crippen molar-refractivity contribution in [2.45, 2.75) is 6.54 Å². The van der Waals surface area contributed by atoms with Gasteiger partial charge in [0.05, 0.1) is 4.92 Å². The Morgan fingerprint density at radius 2 is 1.86 bits per heavy atom. The number of rotatable bonds is 6. The fourth-order valence-electron chi connectivity index (χ4n) is 2.03. The van der Waals surface area contributed by atoms with E-state index in [2.05, 4.69) is 0 Å². The number of carboxylic acids is 1. The predicted molar refractivity (Wildman–Crippen MR) is 78.2 cm³/mol. The zero-order valence-corrected chi connectivity index (χ0v) is 11.2. The predicted octanol–water partition coefficient (Wildman–Crippen LogP) is 2.69. The molecule has 1 N–H and O–H groups in total. The Hall–Kier alpha value is -2.89. The lowest BCUT2D eigenvalue weighted by atomic mass is 10.1. The first-order chi connectivity index (χ1) is 10.1. The van der Waals surface area contributed by atoms with E-state index in [9.17, 15) is 14.9 Å². The van der Waals surface area contributed by atoms with Gasteiger partial charge in [-0.25, -0.2) is 0 Å². The van der Waals surface area contributed by atoms with Crippen molar-refractivity contribution < 1.29 is 14.8 Å². The number of aliphatic carboxylic acids is 1. The Morgan fingerprint density at radius 3 is 2.48 bits per heavy atom. The van der Waals surface area contributed by atoms with E-state index < -0.39 is 10.9 Å². The number of nitrogens with zero attached hydrogens (tertiary/aromatic N) is 2. The van der Waals surface area contributed by atoms with Gasteiger partial charge in [0.15, 0.2) is 0 Å². The minimum atomic E-state index is -0.954. The molecule has 0 bridgehead atoms. The highest BCUT2D eigenvalue weighted by Gasteiger charge is 2.13. The lowest BCUT2D eigenvalue weighted by Gasteiger charge is -2.22. The summed E-state index contributed by atoms with van der Waals surface area (Å²) in [5.41, 5.74) is 1.44. The van der Waals surface area contributed by atoms with Gasteiger partial charge < -0.3 is 10.0 Å². The maximum absolute atomic E-state index is 11.0. The number of benzene rings is 2. The van der Waals surface area contributed by atoms with Crippen LogP contribution in [0, 0.1) is 10.1 Å². The monoisotopic (exact) mass is 286 g/mol. The first-order valence-corrected chi connectivity index (χ1v) is 6.31. The fraction of sp³-hybridized carbons (Fsp3) is 0.133. The minimum absolute atomic E-state index is 0.00385. The third kappa shape index (κ3) is 4.04. The molecule has 0 fully saturated rings. The van der Waals surface area contributed by atoms with Crippen LogP contribution in [0.4, 0.5) is 11.4 Å². The number of carbonyl (C=O) groups is 1. The van der Waals surface area contributed by atoms with E-state index in [1.807, 2.05) is 18.2 Å². The first kappa shape index (κ1) is 14.5. The molecule has 0 aliphatic carbocycles. The third-order valence-electron chi connectivity index (χ3n) is 2.94. The maximum Gasteiger partial charge on any atom is 0.323 e. The van der Waals surface area contributed by atoms with Crippen molar-refractivity contribution in [3.05, 3.63) is 70.3 Å². The van der Waals surface area contributed by atoms with Crippen LogP contribution < -0.4 is 4.90 Å². The molecule has 0 unspecified atom stereocenters. The topological polar surface area (TPSA) is 83.7 Å². The van der Waals surface area contributed by atoms with Crippen LogP contribution in [0.25, 0.3) is 0 Å². The van der Waals surface area contributed by atoms with E-state index in [0.717, 1.165) is 5.69 Å². The Balaban J connectivity index is 2.25. The average Bonchev–Trinajstić information content (AvgIpc) is 2.47. The summed E-state index contributed by atoms with van der Waals surface area (Å²) < 4.78 is 0. The maximum atomic E-state index is 11.0. The molecule has 108 valence electrons. The van der Waals surface area contributed by atoms with Crippen LogP contribution in [0.5, 0.6) is 0 Å². The zero-order chi connectivity index (χ0) is 15.2. The van der Waals surface area contributed by atoms with Crippen molar-refractivity contribution >= 4 is 17.3 Å². The van der Waals surface area contributed by atoms with Crippen molar-refractivity contribution in [2.24, 2.45) is 0 Å². The molecule has 0 saturated heterocycles. The number of nitro groups is 1. The quantitative estimate of drug-likeness (QED) is 0.652. The van der Waals surface area contributed by atoms with Crippen LogP contribution in [0.1, 0.15) is 5.56 Å². The van der Waals surface area contributed by atoms with E-state index in [4.69, 9.17) is 5.11 Å². The van der Waals surface area contributed by atoms with Crippen LogP contribution in [0.15, 0.2) is 54.6 Å². The molecule has 2 rings (SSSR count). The van der Waals surface area contributed by atoms with E-state index in [-0.39, 0.29) is 18.8 Å². The molecule has 2 aromatic carbocycles. The van der Waals surface area contributed by atoms with E-state index in [0.29, 0.717) is 5.56 Å². The van der Waals surface area contributed by atoms with Gasteiger partial charge in [0.1, 0.15) is 6.54 Å². The smallest absolute Gasteiger partial charge is 0.323 e. The molecule has 0 radical (unpaired) electrons. The number of anilines is 1. The molecule has 0 aromatic heterocycles. The molecule has 0 atom stereocenters. The van der Waals surface area contributed by atoms with Crippen LogP contribution in [0.2, 0.25) is 0 Å². The van der Waals surface area contributed by atoms with Gasteiger partial charge in [0, 0.05) is 24.4 Å². The largest absolute Gasteiger partial charge is 0.480 e. The molecule has 0 spiro atoms. The number of hydrogen-bond acceptors (Lipinski definition) is 4. The number of non-ortho nitro benzene ring substituents is 1. The van der Waals surface area contributed by atoms with Gasteiger partial charge in [0.25, 0.3) is 5.69 Å². The molecule has 0 aliphatic heterocycles. The summed E-state index contributed by atoms with van der Waals surface area (Å²) in [4.78, 5) is 23.0. The fourth-order valence-corrected chi connectivity index (χ4v) is 2.03. The zero-order valence-electron chi connectivity index (χ0n) is 11.2. The Bertz CT molecular complexity index is 643. The highest BCUT2D eigenvalue weighted by atomic mass is 16.6. The summed E-state index contributed by atoms with van der Waals surface area (Å²) in [6.07, 6.45) is 0. The van der Waals surface area contributed by atoms with Gasteiger partial charge in [-0.3, -0.25) is 14.9 Å². The van der Waals surface area contributed by atoms with Gasteiger partial charge in [-0.05, 0) is 17.7 Å². The second kappa shape index (κ2) is 6.51. The first-order valence-electron chi connectivity index (χ1n) is 6.31. The molecule has 2 aromatic rings. The molecule has 6 heteroatoms. The summed E-state index contributed by atoms with van der Waals surface area (Å²) in [7, 11) is 0. The number of para-hydroxylation sites is 1. The molecular weight excluding hydrogens is 272 g/mol. The molecule has 0 heterocycles. The molecule has 0 amide bonds. The van der Waals surface area contributed by atoms with Crippen molar-refractivity contribution in [2.75, 3.05) is 11.4 Å². The van der Waals surface area contributed by atoms with Crippen molar-refractivity contribution in [1.29, 1.82) is 0 Å². The third-order valence-corrected chi connectivity index (χ3v) is 2.94. The van der Waals surface area contributed by atoms with Gasteiger partial charge >= 0.3 is 5.97 Å². The Kier molecular flexibility index (Phi) is 4.50. The molecule has 0 saturated carbocycles. The second-order valence-electron chi connectivity index (χ2n) is 4.51. The Labute approximate surface area is 121 Å². The lowest BCUT2D eigenvalue weighted by Crippen LogP contribution is -2.29. The lowest BCUT2D eigenvalue weighted by molar-refractivity contribution is -0.384. The normalized spacial score (nSPS) is 10.1. The summed E-state index contributed by atoms with van der Waals surface area (Å²) >= 11 is 0. The SMILES string of the molecule is O=C(O)CN(Cc1cccc([N+](=O)[O-])c1)c1ccccc1. The molecule has 21 heavy (non-hydrogen) atoms. The molecule has 0 aliphatic rings. The van der Waals surface area contributed by atoms with Crippen molar-refractivity contribution in [3.8, 4) is 0 Å². The van der Waals surface area contributed by atoms with Gasteiger partial charge in [-0.2, -0.15) is 0 Å². The highest BCUT2D eigenvalue weighted by Crippen LogP contribution is 2.19. The number of hydrogen-bond donors (Lipinski definition) is 1. The average molecular weight is 286 g/mol. The molecule has 6 nitrogen and oxygen atoms in total. The van der Waals surface area contributed by atoms with Crippen LogP contribution in [-0.2, 0) is 11.3 Å². The van der Waals surface area contributed by atoms with Gasteiger partial charge in [-0.1, -0.05) is 30.3 Å². The van der Waals surface area contributed by atoms with Gasteiger partial charge in [0.2, 0.25) is 0 Å². The highest BCUT2D eigenvalue weighted by molar-refractivity contribution is 5.73. The summed E-state index contributed by atoms with van der Waals surface area (Å²) in [6.45, 7) is 0.116. The van der Waals surface area contributed by atoms with Crippen LogP contribution in [-0.4, -0.2) is 22.5 Å². The number of nitro benzene ring substituents is 1. The second-order valence-corrected chi connectivity index (χ2v) is 4.51. The van der Waals surface area contributed by atoms with Crippen LogP contribution in [0.3, 0.4) is 0 Å². The minimum Gasteiger partial charge on any atom is -0.480 e. The van der Waals surface area contributed by atoms with Crippen molar-refractivity contribution in [1.82, 2.24) is 0 Å². The van der Waals surface area contributed by atoms with Crippen LogP contribution >= 0.6 is 0 Å². The van der Waals surface area contributed by atoms with Crippen molar-refractivity contribution in [3.63, 3.8) is 0 Å². The number of carboxylic acid groups (broad SMARTS) is 1. The molecular formula is C15H14N2O4. The summed E-state index contributed by atoms with van der Waals surface area (Å²) in [5.74, 6) is -0.954. The van der Waals surface area contributed by atoms with E-state index >= 15 is 0 Å². The standard InChI is InChI=1S/C15H14N2O4/c18-15(19)11-16(13-6-2-1-3-7-13)10-12-5-4-8-14(9-12)17(20)21/h1-9H,10-11H2,(H,18,19). The van der Waals surface area contributed by atoms with E-state index in [1.165, 1.54) is 12.1 Å². The van der Waals surface area contributed by atoms with E-state index in [1.54, 1.807) is 29.2 Å². The van der Waals surface area contributed by atoms with Gasteiger partial charge in [-0.15, -0.1) is 0 Å². The summed E-state index contributed by atoms with van der Waals surface area (Å²) in [6, 6.07) is 15.3.